The third kappa shape index (κ3) is 2.89. The molecular formula is C14H23ClN2O. The number of aliphatic hydroxyl groups excluding tert-OH is 1. The van der Waals surface area contributed by atoms with Crippen molar-refractivity contribution >= 4 is 11.6 Å². The van der Waals surface area contributed by atoms with Crippen LogP contribution in [0.1, 0.15) is 50.4 Å². The van der Waals surface area contributed by atoms with E-state index in [1.807, 2.05) is 11.7 Å². The first-order valence-corrected chi connectivity index (χ1v) is 7.39. The van der Waals surface area contributed by atoms with Crippen LogP contribution in [0.3, 0.4) is 0 Å². The van der Waals surface area contributed by atoms with Crippen molar-refractivity contribution in [3.63, 3.8) is 0 Å². The lowest BCUT2D eigenvalue weighted by atomic mass is 9.92. The fourth-order valence-corrected chi connectivity index (χ4v) is 3.26. The summed E-state index contributed by atoms with van der Waals surface area (Å²) in [4.78, 5) is 0. The number of rotatable bonds is 3. The molecular weight excluding hydrogens is 248 g/mol. The Hall–Kier alpha value is -0.540. The van der Waals surface area contributed by atoms with E-state index in [0.29, 0.717) is 5.92 Å². The van der Waals surface area contributed by atoms with E-state index in [1.165, 1.54) is 12.8 Å². The van der Waals surface area contributed by atoms with Crippen LogP contribution < -0.4 is 0 Å². The Bertz CT molecular complexity index is 403. The predicted molar refractivity (Wildman–Crippen MR) is 73.9 cm³/mol. The highest BCUT2D eigenvalue weighted by molar-refractivity contribution is 6.31. The molecule has 0 amide bonds. The van der Waals surface area contributed by atoms with E-state index in [9.17, 15) is 5.11 Å². The summed E-state index contributed by atoms with van der Waals surface area (Å²) in [5, 5.41) is 15.4. The van der Waals surface area contributed by atoms with Crippen LogP contribution in [0.15, 0.2) is 0 Å². The molecule has 1 N–H and O–H groups in total. The van der Waals surface area contributed by atoms with Crippen molar-refractivity contribution < 1.29 is 5.11 Å². The van der Waals surface area contributed by atoms with Gasteiger partial charge in [-0.15, -0.1) is 0 Å². The lowest BCUT2D eigenvalue weighted by Crippen LogP contribution is -2.22. The molecule has 1 aliphatic rings. The minimum atomic E-state index is -0.177. The minimum absolute atomic E-state index is 0.177. The topological polar surface area (TPSA) is 38.0 Å². The molecule has 0 bridgehead atoms. The van der Waals surface area contributed by atoms with Gasteiger partial charge in [-0.2, -0.15) is 5.10 Å². The molecule has 0 aliphatic heterocycles. The maximum absolute atomic E-state index is 10.2. The summed E-state index contributed by atoms with van der Waals surface area (Å²) >= 11 is 6.37. The van der Waals surface area contributed by atoms with E-state index in [0.717, 1.165) is 48.5 Å². The van der Waals surface area contributed by atoms with Crippen LogP contribution in [-0.2, 0) is 19.9 Å². The van der Waals surface area contributed by atoms with Crippen molar-refractivity contribution in [2.24, 2.45) is 13.0 Å². The molecule has 3 nitrogen and oxygen atoms in total. The number of halogens is 1. The van der Waals surface area contributed by atoms with Crippen LogP contribution >= 0.6 is 11.6 Å². The lowest BCUT2D eigenvalue weighted by molar-refractivity contribution is 0.0996. The van der Waals surface area contributed by atoms with Crippen LogP contribution in [0.4, 0.5) is 0 Å². The van der Waals surface area contributed by atoms with Gasteiger partial charge in [-0.25, -0.2) is 0 Å². The molecule has 4 heteroatoms. The molecule has 1 heterocycles. The van der Waals surface area contributed by atoms with Crippen molar-refractivity contribution in [2.45, 2.75) is 58.0 Å². The van der Waals surface area contributed by atoms with Crippen molar-refractivity contribution in [1.29, 1.82) is 0 Å². The standard InChI is InChI=1S/C14H23ClN2O/c1-3-11-14(15)12(17(2)16-11)9-10-7-5-4-6-8-13(10)18/h10,13,18H,3-9H2,1-2H3. The van der Waals surface area contributed by atoms with Gasteiger partial charge in [-0.1, -0.05) is 37.8 Å². The Balaban J connectivity index is 2.14. The fourth-order valence-electron chi connectivity index (χ4n) is 2.89. The smallest absolute Gasteiger partial charge is 0.0849 e. The summed E-state index contributed by atoms with van der Waals surface area (Å²) in [7, 11) is 1.95. The van der Waals surface area contributed by atoms with Gasteiger partial charge in [0.15, 0.2) is 0 Å². The molecule has 18 heavy (non-hydrogen) atoms. The second kappa shape index (κ2) is 6.07. The summed E-state index contributed by atoms with van der Waals surface area (Å²) in [5.74, 6) is 0.338. The van der Waals surface area contributed by atoms with Gasteiger partial charge in [-0.05, 0) is 31.6 Å². The van der Waals surface area contributed by atoms with Crippen molar-refractivity contribution in [2.75, 3.05) is 0 Å². The summed E-state index contributed by atoms with van der Waals surface area (Å²) in [6.07, 6.45) is 7.18. The molecule has 2 atom stereocenters. The van der Waals surface area contributed by atoms with Gasteiger partial charge >= 0.3 is 0 Å². The first-order valence-electron chi connectivity index (χ1n) is 7.01. The SMILES string of the molecule is CCc1nn(C)c(CC2CCCCCC2O)c1Cl. The Morgan fingerprint density at radius 1 is 1.33 bits per heavy atom. The summed E-state index contributed by atoms with van der Waals surface area (Å²) in [6, 6.07) is 0. The van der Waals surface area contributed by atoms with Crippen LogP contribution in [-0.4, -0.2) is 21.0 Å². The lowest BCUT2D eigenvalue weighted by Gasteiger charge is -2.20. The number of hydrogen-bond acceptors (Lipinski definition) is 2. The first kappa shape index (κ1) is 13.9. The number of aliphatic hydroxyl groups is 1. The average Bonchev–Trinajstić information content (AvgIpc) is 2.52. The highest BCUT2D eigenvalue weighted by atomic mass is 35.5. The number of aryl methyl sites for hydroxylation is 2. The third-order valence-electron chi connectivity index (χ3n) is 4.08. The molecule has 2 unspecified atom stereocenters. The Morgan fingerprint density at radius 2 is 2.06 bits per heavy atom. The third-order valence-corrected chi connectivity index (χ3v) is 4.51. The molecule has 2 rings (SSSR count). The van der Waals surface area contributed by atoms with Crippen molar-refractivity contribution in [3.8, 4) is 0 Å². The Kier molecular flexibility index (Phi) is 4.68. The van der Waals surface area contributed by atoms with Gasteiger partial charge in [-0.3, -0.25) is 4.68 Å². The highest BCUT2D eigenvalue weighted by Crippen LogP contribution is 2.30. The average molecular weight is 271 g/mol. The van der Waals surface area contributed by atoms with Gasteiger partial charge in [0.1, 0.15) is 0 Å². The van der Waals surface area contributed by atoms with E-state index >= 15 is 0 Å². The quantitative estimate of drug-likeness (QED) is 0.857. The zero-order valence-electron chi connectivity index (χ0n) is 11.3. The van der Waals surface area contributed by atoms with Crippen LogP contribution in [0, 0.1) is 5.92 Å². The van der Waals surface area contributed by atoms with Gasteiger partial charge in [0.05, 0.1) is 22.5 Å². The molecule has 1 fully saturated rings. The number of aromatic nitrogens is 2. The second-order valence-electron chi connectivity index (χ2n) is 5.35. The molecule has 1 aromatic heterocycles. The number of hydrogen-bond donors (Lipinski definition) is 1. The molecule has 102 valence electrons. The maximum atomic E-state index is 10.2. The van der Waals surface area contributed by atoms with E-state index in [-0.39, 0.29) is 6.10 Å². The fraction of sp³-hybridized carbons (Fsp3) is 0.786. The monoisotopic (exact) mass is 270 g/mol. The van der Waals surface area contributed by atoms with Gasteiger partial charge in [0.25, 0.3) is 0 Å². The van der Waals surface area contributed by atoms with E-state index in [4.69, 9.17) is 11.6 Å². The van der Waals surface area contributed by atoms with Gasteiger partial charge in [0.2, 0.25) is 0 Å². The molecule has 1 aromatic rings. The van der Waals surface area contributed by atoms with Crippen LogP contribution in [0.2, 0.25) is 5.02 Å². The molecule has 1 saturated carbocycles. The highest BCUT2D eigenvalue weighted by Gasteiger charge is 2.25. The predicted octanol–water partition coefficient (Wildman–Crippen LogP) is 3.12. The molecule has 0 spiro atoms. The second-order valence-corrected chi connectivity index (χ2v) is 5.73. The van der Waals surface area contributed by atoms with E-state index < -0.39 is 0 Å². The molecule has 0 aromatic carbocycles. The Morgan fingerprint density at radius 3 is 2.72 bits per heavy atom. The van der Waals surface area contributed by atoms with E-state index in [2.05, 4.69) is 12.0 Å². The van der Waals surface area contributed by atoms with Crippen molar-refractivity contribution in [1.82, 2.24) is 9.78 Å². The largest absolute Gasteiger partial charge is 0.393 e. The van der Waals surface area contributed by atoms with Gasteiger partial charge in [0, 0.05) is 7.05 Å². The zero-order valence-corrected chi connectivity index (χ0v) is 12.1. The Labute approximate surface area is 114 Å². The van der Waals surface area contributed by atoms with Gasteiger partial charge < -0.3 is 5.11 Å². The summed E-state index contributed by atoms with van der Waals surface area (Å²) in [6.45, 7) is 2.07. The summed E-state index contributed by atoms with van der Waals surface area (Å²) in [5.41, 5.74) is 2.05. The number of nitrogens with zero attached hydrogens (tertiary/aromatic N) is 2. The van der Waals surface area contributed by atoms with Crippen LogP contribution in [0.5, 0.6) is 0 Å². The minimum Gasteiger partial charge on any atom is -0.393 e. The van der Waals surface area contributed by atoms with Crippen molar-refractivity contribution in [3.05, 3.63) is 16.4 Å². The summed E-state index contributed by atoms with van der Waals surface area (Å²) < 4.78 is 1.89. The molecule has 0 saturated heterocycles. The normalized spacial score (nSPS) is 25.1. The zero-order chi connectivity index (χ0) is 13.1. The van der Waals surface area contributed by atoms with E-state index in [1.54, 1.807) is 0 Å². The molecule has 0 radical (unpaired) electrons. The van der Waals surface area contributed by atoms with Crippen LogP contribution in [0.25, 0.3) is 0 Å². The molecule has 1 aliphatic carbocycles. The maximum Gasteiger partial charge on any atom is 0.0849 e. The first-order chi connectivity index (χ1) is 8.63.